The van der Waals surface area contributed by atoms with Gasteiger partial charge in [-0.25, -0.2) is 0 Å². The van der Waals surface area contributed by atoms with E-state index in [0.29, 0.717) is 5.41 Å². The first-order valence-corrected chi connectivity index (χ1v) is 6.23. The van der Waals surface area contributed by atoms with Crippen LogP contribution in [0, 0.1) is 5.41 Å². The highest BCUT2D eigenvalue weighted by atomic mass is 16.2. The second-order valence-corrected chi connectivity index (χ2v) is 5.77. The highest BCUT2D eigenvalue weighted by molar-refractivity contribution is 5.83. The number of likely N-dealkylation sites (tertiary alicyclic amines) is 2. The molecule has 2 fully saturated rings. The predicted octanol–water partition coefficient (Wildman–Crippen LogP) is 0.278. The van der Waals surface area contributed by atoms with Gasteiger partial charge >= 0.3 is 0 Å². The molecule has 2 rings (SSSR count). The molecule has 0 aromatic heterocycles. The number of rotatable bonds is 2. The van der Waals surface area contributed by atoms with Crippen molar-refractivity contribution in [1.82, 2.24) is 9.80 Å². The van der Waals surface area contributed by atoms with Crippen LogP contribution in [0.25, 0.3) is 0 Å². The number of hydrogen-bond acceptors (Lipinski definition) is 3. The number of carbonyl (C=O) groups is 1. The molecule has 2 aliphatic heterocycles. The lowest BCUT2D eigenvalue weighted by atomic mass is 9.80. The Bertz CT molecular complexity index is 271. The van der Waals surface area contributed by atoms with Gasteiger partial charge in [0.05, 0.1) is 6.04 Å². The third kappa shape index (κ3) is 2.38. The van der Waals surface area contributed by atoms with Crippen LogP contribution >= 0.6 is 0 Å². The van der Waals surface area contributed by atoms with Gasteiger partial charge in [-0.05, 0) is 44.8 Å². The zero-order valence-electron chi connectivity index (χ0n) is 10.4. The minimum absolute atomic E-state index is 0.153. The Kier molecular flexibility index (Phi) is 3.22. The van der Waals surface area contributed by atoms with Crippen molar-refractivity contribution in [3.63, 3.8) is 0 Å². The van der Waals surface area contributed by atoms with Crippen LogP contribution in [0.5, 0.6) is 0 Å². The summed E-state index contributed by atoms with van der Waals surface area (Å²) in [5, 5.41) is 0. The molecule has 4 nitrogen and oxygen atoms in total. The average Bonchev–Trinajstić information content (AvgIpc) is 2.55. The number of hydrogen-bond donors (Lipinski definition) is 1. The molecule has 2 heterocycles. The Morgan fingerprint density at radius 3 is 2.50 bits per heavy atom. The van der Waals surface area contributed by atoms with E-state index >= 15 is 0 Å². The second kappa shape index (κ2) is 4.34. The van der Waals surface area contributed by atoms with Gasteiger partial charge in [0.25, 0.3) is 0 Å². The molecule has 0 bridgehead atoms. The van der Waals surface area contributed by atoms with Crippen LogP contribution in [0.1, 0.15) is 26.2 Å². The van der Waals surface area contributed by atoms with Gasteiger partial charge < -0.3 is 15.5 Å². The molecule has 0 saturated carbocycles. The lowest BCUT2D eigenvalue weighted by Crippen LogP contribution is -2.45. The van der Waals surface area contributed by atoms with Gasteiger partial charge in [0.2, 0.25) is 5.91 Å². The van der Waals surface area contributed by atoms with Crippen LogP contribution in [-0.2, 0) is 4.79 Å². The van der Waals surface area contributed by atoms with Crippen LogP contribution in [0.4, 0.5) is 0 Å². The summed E-state index contributed by atoms with van der Waals surface area (Å²) in [6.45, 7) is 6.34. The Balaban J connectivity index is 1.91. The summed E-state index contributed by atoms with van der Waals surface area (Å²) in [4.78, 5) is 16.1. The predicted molar refractivity (Wildman–Crippen MR) is 64.0 cm³/mol. The van der Waals surface area contributed by atoms with Crippen LogP contribution in [-0.4, -0.2) is 55.0 Å². The third-order valence-electron chi connectivity index (χ3n) is 4.11. The molecular weight excluding hydrogens is 202 g/mol. The van der Waals surface area contributed by atoms with Gasteiger partial charge in [-0.15, -0.1) is 0 Å². The molecule has 2 saturated heterocycles. The van der Waals surface area contributed by atoms with E-state index in [1.54, 1.807) is 0 Å². The normalized spacial score (nSPS) is 31.1. The van der Waals surface area contributed by atoms with Crippen LogP contribution in [0.3, 0.4) is 0 Å². The fourth-order valence-electron chi connectivity index (χ4n) is 2.70. The maximum absolute atomic E-state index is 11.8. The number of piperidine rings is 1. The van der Waals surface area contributed by atoms with Gasteiger partial charge in [-0.2, -0.15) is 0 Å². The number of nitrogens with zero attached hydrogens (tertiary/aromatic N) is 2. The van der Waals surface area contributed by atoms with E-state index in [1.807, 2.05) is 4.90 Å². The van der Waals surface area contributed by atoms with E-state index in [9.17, 15) is 4.79 Å². The van der Waals surface area contributed by atoms with E-state index in [4.69, 9.17) is 5.73 Å². The first-order chi connectivity index (χ1) is 7.50. The van der Waals surface area contributed by atoms with E-state index < -0.39 is 0 Å². The molecule has 92 valence electrons. The summed E-state index contributed by atoms with van der Waals surface area (Å²) >= 11 is 0. The Morgan fingerprint density at radius 2 is 2.00 bits per heavy atom. The summed E-state index contributed by atoms with van der Waals surface area (Å²) in [5.74, 6) is 0.153. The maximum Gasteiger partial charge on any atom is 0.239 e. The average molecular weight is 225 g/mol. The van der Waals surface area contributed by atoms with E-state index in [1.165, 1.54) is 12.8 Å². The molecule has 4 heteroatoms. The van der Waals surface area contributed by atoms with Crippen molar-refractivity contribution in [2.24, 2.45) is 11.1 Å². The molecule has 0 aliphatic carbocycles. The summed E-state index contributed by atoms with van der Waals surface area (Å²) in [6.07, 6.45) is 3.19. The van der Waals surface area contributed by atoms with Crippen molar-refractivity contribution in [3.8, 4) is 0 Å². The minimum atomic E-state index is -0.241. The maximum atomic E-state index is 11.8. The molecule has 1 amide bonds. The lowest BCUT2D eigenvalue weighted by Gasteiger charge is -2.40. The van der Waals surface area contributed by atoms with Crippen LogP contribution in [0.2, 0.25) is 0 Å². The fraction of sp³-hybridized carbons (Fsp3) is 0.917. The molecule has 1 atom stereocenters. The van der Waals surface area contributed by atoms with E-state index in [0.717, 1.165) is 32.6 Å². The van der Waals surface area contributed by atoms with E-state index in [2.05, 4.69) is 18.9 Å². The summed E-state index contributed by atoms with van der Waals surface area (Å²) in [7, 11) is 2.16. The smallest absolute Gasteiger partial charge is 0.239 e. The van der Waals surface area contributed by atoms with Crippen LogP contribution in [0.15, 0.2) is 0 Å². The van der Waals surface area contributed by atoms with E-state index in [-0.39, 0.29) is 11.9 Å². The van der Waals surface area contributed by atoms with Crippen molar-refractivity contribution >= 4 is 5.91 Å². The van der Waals surface area contributed by atoms with Gasteiger partial charge in [0, 0.05) is 13.1 Å². The molecule has 1 unspecified atom stereocenters. The van der Waals surface area contributed by atoms with Crippen molar-refractivity contribution in [2.45, 2.75) is 32.2 Å². The van der Waals surface area contributed by atoms with Gasteiger partial charge in [0.15, 0.2) is 0 Å². The van der Waals surface area contributed by atoms with Crippen molar-refractivity contribution < 1.29 is 4.79 Å². The first-order valence-electron chi connectivity index (χ1n) is 6.23. The molecule has 0 aromatic rings. The largest absolute Gasteiger partial charge is 0.341 e. The molecule has 16 heavy (non-hydrogen) atoms. The number of amides is 1. The monoisotopic (exact) mass is 225 g/mol. The van der Waals surface area contributed by atoms with Crippen molar-refractivity contribution in [1.29, 1.82) is 0 Å². The molecule has 0 radical (unpaired) electrons. The fourth-order valence-corrected chi connectivity index (χ4v) is 2.70. The first kappa shape index (κ1) is 11.9. The summed E-state index contributed by atoms with van der Waals surface area (Å²) < 4.78 is 0. The summed E-state index contributed by atoms with van der Waals surface area (Å²) in [5.41, 5.74) is 6.04. The van der Waals surface area contributed by atoms with Crippen molar-refractivity contribution in [3.05, 3.63) is 0 Å². The third-order valence-corrected chi connectivity index (χ3v) is 4.11. The molecule has 2 aliphatic rings. The molecule has 0 spiro atoms. The Labute approximate surface area is 97.8 Å². The zero-order chi connectivity index (χ0) is 11.8. The number of carbonyl (C=O) groups excluding carboxylic acids is 1. The highest BCUT2D eigenvalue weighted by Crippen LogP contribution is 2.32. The van der Waals surface area contributed by atoms with Gasteiger partial charge in [-0.1, -0.05) is 6.92 Å². The van der Waals surface area contributed by atoms with Gasteiger partial charge in [0.1, 0.15) is 0 Å². The molecule has 2 N–H and O–H groups in total. The number of nitrogens with two attached hydrogens (primary N) is 1. The molecular formula is C12H23N3O. The SMILES string of the molecule is CN1CCC(C)(CN2CCC(N)C2=O)CC1. The highest BCUT2D eigenvalue weighted by Gasteiger charge is 2.36. The Hall–Kier alpha value is -0.610. The summed E-state index contributed by atoms with van der Waals surface area (Å²) in [6, 6.07) is -0.241. The zero-order valence-corrected chi connectivity index (χ0v) is 10.4. The standard InChI is InChI=1S/C12H23N3O/c1-12(4-7-14(2)8-5-12)9-15-6-3-10(13)11(15)16/h10H,3-9,13H2,1-2H3. The van der Waals surface area contributed by atoms with Crippen molar-refractivity contribution in [2.75, 3.05) is 33.2 Å². The second-order valence-electron chi connectivity index (χ2n) is 5.77. The quantitative estimate of drug-likeness (QED) is 0.734. The topological polar surface area (TPSA) is 49.6 Å². The van der Waals surface area contributed by atoms with Crippen LogP contribution < -0.4 is 5.73 Å². The lowest BCUT2D eigenvalue weighted by molar-refractivity contribution is -0.130. The molecule has 0 aromatic carbocycles. The van der Waals surface area contributed by atoms with Gasteiger partial charge in [-0.3, -0.25) is 4.79 Å². The Morgan fingerprint density at radius 1 is 1.38 bits per heavy atom. The minimum Gasteiger partial charge on any atom is -0.341 e.